The second kappa shape index (κ2) is 6.91. The van der Waals surface area contributed by atoms with E-state index in [0.29, 0.717) is 15.1 Å². The highest BCUT2D eigenvalue weighted by Crippen LogP contribution is 2.39. The fourth-order valence-corrected chi connectivity index (χ4v) is 3.69. The number of hydrogen-bond acceptors (Lipinski definition) is 2. The van der Waals surface area contributed by atoms with Crippen LogP contribution in [0, 0.1) is 0 Å². The monoisotopic (exact) mass is 391 g/mol. The van der Waals surface area contributed by atoms with E-state index in [-0.39, 0.29) is 0 Å². The number of anilines is 1. The maximum atomic E-state index is 6.47. The van der Waals surface area contributed by atoms with Crippen LogP contribution in [0.25, 0.3) is 16.9 Å². The quantitative estimate of drug-likeness (QED) is 0.559. The van der Waals surface area contributed by atoms with Crippen LogP contribution in [0.2, 0.25) is 15.1 Å². The van der Waals surface area contributed by atoms with E-state index < -0.39 is 0 Å². The number of fused-ring (bicyclic) bond motifs is 1. The Kier molecular flexibility index (Phi) is 4.63. The van der Waals surface area contributed by atoms with Gasteiger partial charge in [0.05, 0.1) is 21.4 Å². The summed E-state index contributed by atoms with van der Waals surface area (Å²) >= 11 is 18.7. The number of benzene rings is 2. The molecule has 2 heterocycles. The van der Waals surface area contributed by atoms with E-state index in [0.717, 1.165) is 48.6 Å². The summed E-state index contributed by atoms with van der Waals surface area (Å²) < 4.78 is 1.93. The topological polar surface area (TPSA) is 29.9 Å². The van der Waals surface area contributed by atoms with Crippen molar-refractivity contribution in [2.75, 3.05) is 11.9 Å². The molecule has 3 nitrogen and oxygen atoms in total. The lowest BCUT2D eigenvalue weighted by atomic mass is 10.0. The molecule has 0 saturated carbocycles. The highest BCUT2D eigenvalue weighted by molar-refractivity contribution is 6.43. The van der Waals surface area contributed by atoms with Crippen LogP contribution in [-0.4, -0.2) is 16.3 Å². The van der Waals surface area contributed by atoms with Gasteiger partial charge in [0, 0.05) is 22.7 Å². The summed E-state index contributed by atoms with van der Waals surface area (Å²) in [4.78, 5) is 0. The third-order valence-electron chi connectivity index (χ3n) is 4.41. The van der Waals surface area contributed by atoms with E-state index in [1.54, 1.807) is 6.07 Å². The molecule has 4 rings (SSSR count). The van der Waals surface area contributed by atoms with E-state index in [1.165, 1.54) is 5.56 Å². The Hall–Kier alpha value is -1.68. The number of rotatable bonds is 2. The molecule has 25 heavy (non-hydrogen) atoms. The van der Waals surface area contributed by atoms with Crippen molar-refractivity contribution in [1.82, 2.24) is 9.78 Å². The van der Waals surface area contributed by atoms with Crippen molar-refractivity contribution in [2.45, 2.75) is 19.3 Å². The smallest absolute Gasteiger partial charge is 0.133 e. The molecule has 1 aliphatic heterocycles. The van der Waals surface area contributed by atoms with Crippen molar-refractivity contribution in [3.8, 4) is 16.9 Å². The molecule has 0 bridgehead atoms. The molecule has 1 aromatic heterocycles. The molecule has 0 radical (unpaired) electrons. The number of aromatic nitrogens is 2. The van der Waals surface area contributed by atoms with Crippen LogP contribution in [0.4, 0.5) is 5.82 Å². The average Bonchev–Trinajstić information content (AvgIpc) is 2.80. The van der Waals surface area contributed by atoms with Crippen molar-refractivity contribution in [1.29, 1.82) is 0 Å². The van der Waals surface area contributed by atoms with Crippen molar-refractivity contribution in [3.05, 3.63) is 63.1 Å². The van der Waals surface area contributed by atoms with Gasteiger partial charge in [0.15, 0.2) is 0 Å². The zero-order valence-corrected chi connectivity index (χ0v) is 15.7. The first kappa shape index (κ1) is 16.8. The molecule has 6 heteroatoms. The number of halogens is 3. The molecule has 0 saturated heterocycles. The summed E-state index contributed by atoms with van der Waals surface area (Å²) in [6.07, 6.45) is 3.18. The minimum atomic E-state index is 0.538. The van der Waals surface area contributed by atoms with Gasteiger partial charge < -0.3 is 5.32 Å². The van der Waals surface area contributed by atoms with Crippen LogP contribution in [0.5, 0.6) is 0 Å². The number of nitrogens with one attached hydrogen (secondary N) is 1. The van der Waals surface area contributed by atoms with E-state index in [2.05, 4.69) is 5.32 Å². The van der Waals surface area contributed by atoms with Crippen molar-refractivity contribution in [3.63, 3.8) is 0 Å². The van der Waals surface area contributed by atoms with Crippen LogP contribution in [-0.2, 0) is 6.42 Å². The molecule has 3 aromatic rings. The van der Waals surface area contributed by atoms with Gasteiger partial charge in [-0.1, -0.05) is 46.9 Å². The van der Waals surface area contributed by atoms with Gasteiger partial charge in [-0.05, 0) is 49.6 Å². The molecule has 0 aliphatic carbocycles. The Morgan fingerprint density at radius 1 is 0.960 bits per heavy atom. The Bertz CT molecular complexity index is 916. The Morgan fingerprint density at radius 3 is 2.56 bits per heavy atom. The fraction of sp³-hybridized carbons (Fsp3) is 0.211. The predicted molar refractivity (Wildman–Crippen MR) is 105 cm³/mol. The maximum Gasteiger partial charge on any atom is 0.133 e. The minimum absolute atomic E-state index is 0.538. The van der Waals surface area contributed by atoms with Gasteiger partial charge in [0.1, 0.15) is 5.82 Å². The maximum absolute atomic E-state index is 6.47. The first-order chi connectivity index (χ1) is 12.1. The van der Waals surface area contributed by atoms with Crippen LogP contribution in [0.15, 0.2) is 42.5 Å². The molecule has 2 aromatic carbocycles. The van der Waals surface area contributed by atoms with Gasteiger partial charge in [0.2, 0.25) is 0 Å². The zero-order valence-electron chi connectivity index (χ0n) is 13.4. The van der Waals surface area contributed by atoms with Crippen LogP contribution in [0.3, 0.4) is 0 Å². The second-order valence-electron chi connectivity index (χ2n) is 6.05. The first-order valence-corrected chi connectivity index (χ1v) is 9.34. The van der Waals surface area contributed by atoms with E-state index >= 15 is 0 Å². The van der Waals surface area contributed by atoms with Gasteiger partial charge in [-0.15, -0.1) is 0 Å². The second-order valence-corrected chi connectivity index (χ2v) is 7.27. The van der Waals surface area contributed by atoms with Gasteiger partial charge in [-0.3, -0.25) is 0 Å². The zero-order chi connectivity index (χ0) is 17.4. The molecule has 0 atom stereocenters. The summed E-state index contributed by atoms with van der Waals surface area (Å²) in [5.74, 6) is 1.02. The number of hydrogen-bond donors (Lipinski definition) is 1. The molecular formula is C19H16Cl3N3. The van der Waals surface area contributed by atoms with Crippen molar-refractivity contribution in [2.24, 2.45) is 0 Å². The molecule has 1 N–H and O–H groups in total. The van der Waals surface area contributed by atoms with E-state index in [4.69, 9.17) is 39.9 Å². The molecule has 1 aliphatic rings. The van der Waals surface area contributed by atoms with Gasteiger partial charge in [0.25, 0.3) is 0 Å². The lowest BCUT2D eigenvalue weighted by molar-refractivity contribution is 0.780. The van der Waals surface area contributed by atoms with Crippen molar-refractivity contribution >= 4 is 40.6 Å². The average molecular weight is 393 g/mol. The minimum Gasteiger partial charge on any atom is -0.370 e. The Labute approximate surface area is 161 Å². The molecular weight excluding hydrogens is 377 g/mol. The largest absolute Gasteiger partial charge is 0.370 e. The summed E-state index contributed by atoms with van der Waals surface area (Å²) in [5, 5.41) is 10.2. The molecule has 0 amide bonds. The van der Waals surface area contributed by atoms with Crippen LogP contribution in [0.1, 0.15) is 18.4 Å². The normalized spacial score (nSPS) is 13.9. The van der Waals surface area contributed by atoms with Crippen molar-refractivity contribution < 1.29 is 0 Å². The predicted octanol–water partition coefficient (Wildman–Crippen LogP) is 6.25. The van der Waals surface area contributed by atoms with Crippen LogP contribution >= 0.6 is 34.8 Å². The lowest BCUT2D eigenvalue weighted by Gasteiger charge is -2.09. The summed E-state index contributed by atoms with van der Waals surface area (Å²) in [6, 6.07) is 13.3. The van der Waals surface area contributed by atoms with E-state index in [1.807, 2.05) is 41.1 Å². The third-order valence-corrected chi connectivity index (χ3v) is 5.48. The Morgan fingerprint density at radius 2 is 1.76 bits per heavy atom. The molecule has 0 fully saturated rings. The SMILES string of the molecule is Clc1ccc(-n2nc(-c3cccc(Cl)c3Cl)c3c2NCCCC3)cc1. The summed E-state index contributed by atoms with van der Waals surface area (Å²) in [7, 11) is 0. The fourth-order valence-electron chi connectivity index (χ4n) is 3.17. The number of nitrogens with zero attached hydrogens (tertiary/aromatic N) is 2. The molecule has 0 unspecified atom stereocenters. The van der Waals surface area contributed by atoms with Gasteiger partial charge >= 0.3 is 0 Å². The van der Waals surface area contributed by atoms with Crippen LogP contribution < -0.4 is 5.32 Å². The highest BCUT2D eigenvalue weighted by atomic mass is 35.5. The van der Waals surface area contributed by atoms with Gasteiger partial charge in [-0.2, -0.15) is 5.10 Å². The molecule has 0 spiro atoms. The summed E-state index contributed by atoms with van der Waals surface area (Å²) in [5.41, 5.74) is 3.88. The third kappa shape index (κ3) is 3.12. The highest BCUT2D eigenvalue weighted by Gasteiger charge is 2.23. The molecule has 128 valence electrons. The summed E-state index contributed by atoms with van der Waals surface area (Å²) in [6.45, 7) is 0.926. The lowest BCUT2D eigenvalue weighted by Crippen LogP contribution is -2.07. The Balaban J connectivity index is 1.93. The first-order valence-electron chi connectivity index (χ1n) is 8.21. The van der Waals surface area contributed by atoms with E-state index in [9.17, 15) is 0 Å². The van der Waals surface area contributed by atoms with Gasteiger partial charge in [-0.25, -0.2) is 4.68 Å². The standard InChI is InChI=1S/C19H16Cl3N3/c20-12-7-9-13(10-8-12)25-19-15(4-1-2-11-23-19)18(24-25)14-5-3-6-16(21)17(14)22/h3,5-10,23H,1-2,4,11H2.